The Morgan fingerprint density at radius 2 is 2.29 bits per heavy atom. The molecule has 1 aromatic rings. The fraction of sp³-hybridized carbons (Fsp3) is 0.667. The molecule has 1 saturated carbocycles. The maximum atomic E-state index is 5.33. The van der Waals surface area contributed by atoms with E-state index in [4.69, 9.17) is 4.42 Å². The van der Waals surface area contributed by atoms with Crippen molar-refractivity contribution in [1.29, 1.82) is 0 Å². The van der Waals surface area contributed by atoms with Gasteiger partial charge in [-0.25, -0.2) is 0 Å². The first kappa shape index (κ1) is 9.78. The van der Waals surface area contributed by atoms with Crippen molar-refractivity contribution in [1.82, 2.24) is 5.32 Å². The highest BCUT2D eigenvalue weighted by molar-refractivity contribution is 5.00. The van der Waals surface area contributed by atoms with Gasteiger partial charge in [-0.05, 0) is 31.9 Å². The molecule has 1 unspecified atom stereocenters. The van der Waals surface area contributed by atoms with Gasteiger partial charge in [-0.15, -0.1) is 0 Å². The molecular weight excluding hydrogens is 174 g/mol. The summed E-state index contributed by atoms with van der Waals surface area (Å²) in [7, 11) is 0. The highest BCUT2D eigenvalue weighted by Crippen LogP contribution is 2.18. The predicted octanol–water partition coefficient (Wildman–Crippen LogP) is 2.74. The topological polar surface area (TPSA) is 25.2 Å². The first-order chi connectivity index (χ1) is 6.84. The van der Waals surface area contributed by atoms with E-state index in [2.05, 4.69) is 12.2 Å². The first-order valence-electron chi connectivity index (χ1n) is 5.63. The molecule has 78 valence electrons. The molecule has 0 radical (unpaired) electrons. The molecule has 2 rings (SSSR count). The largest absolute Gasteiger partial charge is 0.469 e. The van der Waals surface area contributed by atoms with Crippen LogP contribution in [0, 0.1) is 0 Å². The Kier molecular flexibility index (Phi) is 3.25. The highest BCUT2D eigenvalue weighted by Gasteiger charge is 2.17. The second-order valence-electron chi connectivity index (χ2n) is 4.33. The van der Waals surface area contributed by atoms with E-state index in [0.29, 0.717) is 6.04 Å². The van der Waals surface area contributed by atoms with E-state index < -0.39 is 0 Å². The molecule has 0 aromatic carbocycles. The monoisotopic (exact) mass is 193 g/mol. The maximum Gasteiger partial charge on any atom is 0.105 e. The van der Waals surface area contributed by atoms with Crippen molar-refractivity contribution in [2.45, 2.75) is 51.1 Å². The van der Waals surface area contributed by atoms with Gasteiger partial charge in [0.05, 0.1) is 6.26 Å². The van der Waals surface area contributed by atoms with Crippen LogP contribution in [0.5, 0.6) is 0 Å². The van der Waals surface area contributed by atoms with Crippen LogP contribution in [0.4, 0.5) is 0 Å². The lowest BCUT2D eigenvalue weighted by Crippen LogP contribution is -2.35. The van der Waals surface area contributed by atoms with Crippen molar-refractivity contribution < 1.29 is 4.42 Å². The summed E-state index contributed by atoms with van der Waals surface area (Å²) >= 11 is 0. The Hall–Kier alpha value is -0.760. The van der Waals surface area contributed by atoms with Gasteiger partial charge in [0.25, 0.3) is 0 Å². The van der Waals surface area contributed by atoms with Gasteiger partial charge in [0.2, 0.25) is 0 Å². The van der Waals surface area contributed by atoms with Gasteiger partial charge >= 0.3 is 0 Å². The maximum absolute atomic E-state index is 5.33. The second-order valence-corrected chi connectivity index (χ2v) is 4.33. The fourth-order valence-electron chi connectivity index (χ4n) is 2.28. The molecule has 1 fully saturated rings. The molecular formula is C12H19NO. The number of nitrogens with one attached hydrogen (secondary N) is 1. The molecule has 1 N–H and O–H groups in total. The third kappa shape index (κ3) is 2.61. The molecule has 2 heteroatoms. The Morgan fingerprint density at radius 3 is 2.93 bits per heavy atom. The van der Waals surface area contributed by atoms with Crippen LogP contribution in [0.15, 0.2) is 22.8 Å². The molecule has 0 saturated heterocycles. The van der Waals surface area contributed by atoms with Crippen molar-refractivity contribution >= 4 is 0 Å². The van der Waals surface area contributed by atoms with Crippen molar-refractivity contribution in [2.75, 3.05) is 0 Å². The van der Waals surface area contributed by atoms with Gasteiger partial charge in [0.15, 0.2) is 0 Å². The van der Waals surface area contributed by atoms with Gasteiger partial charge in [-0.1, -0.05) is 12.8 Å². The molecule has 1 aliphatic rings. The Bertz CT molecular complexity index is 249. The van der Waals surface area contributed by atoms with E-state index in [1.54, 1.807) is 6.26 Å². The molecule has 1 aromatic heterocycles. The molecule has 1 heterocycles. The van der Waals surface area contributed by atoms with Crippen LogP contribution in [-0.2, 0) is 6.42 Å². The van der Waals surface area contributed by atoms with Gasteiger partial charge in [0.1, 0.15) is 5.76 Å². The van der Waals surface area contributed by atoms with Gasteiger partial charge in [-0.2, -0.15) is 0 Å². The number of hydrogen-bond donors (Lipinski definition) is 1. The van der Waals surface area contributed by atoms with E-state index in [1.165, 1.54) is 25.7 Å². The molecule has 1 aliphatic carbocycles. The number of furan rings is 1. The Morgan fingerprint density at radius 1 is 1.50 bits per heavy atom. The number of hydrogen-bond acceptors (Lipinski definition) is 2. The summed E-state index contributed by atoms with van der Waals surface area (Å²) in [5.41, 5.74) is 0. The molecule has 0 spiro atoms. The van der Waals surface area contributed by atoms with Gasteiger partial charge in [0, 0.05) is 18.5 Å². The first-order valence-corrected chi connectivity index (χ1v) is 5.63. The van der Waals surface area contributed by atoms with Crippen LogP contribution in [0.2, 0.25) is 0 Å². The number of rotatable bonds is 4. The van der Waals surface area contributed by atoms with Crippen molar-refractivity contribution in [3.63, 3.8) is 0 Å². The van der Waals surface area contributed by atoms with Gasteiger partial charge < -0.3 is 9.73 Å². The van der Waals surface area contributed by atoms with E-state index >= 15 is 0 Å². The Balaban J connectivity index is 1.75. The van der Waals surface area contributed by atoms with Gasteiger partial charge in [-0.3, -0.25) is 0 Å². The van der Waals surface area contributed by atoms with E-state index in [1.807, 2.05) is 12.1 Å². The summed E-state index contributed by atoms with van der Waals surface area (Å²) in [6, 6.07) is 5.29. The lowest BCUT2D eigenvalue weighted by molar-refractivity contribution is 0.414. The summed E-state index contributed by atoms with van der Waals surface area (Å²) < 4.78 is 5.33. The standard InChI is InChI=1S/C12H19NO/c1-10(9-12-7-4-8-14-12)13-11-5-2-3-6-11/h4,7-8,10-11,13H,2-3,5-6,9H2,1H3. The minimum atomic E-state index is 0.532. The van der Waals surface area contributed by atoms with Crippen LogP contribution in [0.3, 0.4) is 0 Å². The van der Waals surface area contributed by atoms with E-state index in [0.717, 1.165) is 18.2 Å². The third-order valence-electron chi connectivity index (χ3n) is 2.96. The lowest BCUT2D eigenvalue weighted by atomic mass is 10.1. The van der Waals surface area contributed by atoms with E-state index in [9.17, 15) is 0 Å². The summed E-state index contributed by atoms with van der Waals surface area (Å²) in [6.07, 6.45) is 8.24. The minimum absolute atomic E-state index is 0.532. The zero-order valence-electron chi connectivity index (χ0n) is 8.83. The van der Waals surface area contributed by atoms with Crippen molar-refractivity contribution in [3.05, 3.63) is 24.2 Å². The molecule has 0 bridgehead atoms. The molecule has 0 aliphatic heterocycles. The Labute approximate surface area is 85.7 Å². The smallest absolute Gasteiger partial charge is 0.105 e. The second kappa shape index (κ2) is 4.65. The molecule has 2 nitrogen and oxygen atoms in total. The summed E-state index contributed by atoms with van der Waals surface area (Å²) in [5, 5.41) is 3.66. The third-order valence-corrected chi connectivity index (χ3v) is 2.96. The van der Waals surface area contributed by atoms with Crippen molar-refractivity contribution in [2.24, 2.45) is 0 Å². The average molecular weight is 193 g/mol. The molecule has 14 heavy (non-hydrogen) atoms. The quantitative estimate of drug-likeness (QED) is 0.795. The van der Waals surface area contributed by atoms with Crippen LogP contribution < -0.4 is 5.32 Å². The molecule has 0 amide bonds. The van der Waals surface area contributed by atoms with Crippen LogP contribution >= 0.6 is 0 Å². The van der Waals surface area contributed by atoms with Crippen molar-refractivity contribution in [3.8, 4) is 0 Å². The van der Waals surface area contributed by atoms with Crippen LogP contribution in [-0.4, -0.2) is 12.1 Å². The zero-order valence-corrected chi connectivity index (χ0v) is 8.83. The summed E-state index contributed by atoms with van der Waals surface area (Å²) in [6.45, 7) is 2.24. The molecule has 1 atom stereocenters. The van der Waals surface area contributed by atoms with Crippen LogP contribution in [0.25, 0.3) is 0 Å². The van der Waals surface area contributed by atoms with Crippen LogP contribution in [0.1, 0.15) is 38.4 Å². The fourth-order valence-corrected chi connectivity index (χ4v) is 2.28. The minimum Gasteiger partial charge on any atom is -0.469 e. The SMILES string of the molecule is CC(Cc1ccco1)NC1CCCC1. The normalized spacial score (nSPS) is 20.1. The lowest BCUT2D eigenvalue weighted by Gasteiger charge is -2.18. The average Bonchev–Trinajstić information content (AvgIpc) is 2.76. The highest BCUT2D eigenvalue weighted by atomic mass is 16.3. The summed E-state index contributed by atoms with van der Waals surface area (Å²) in [5.74, 6) is 1.09. The zero-order chi connectivity index (χ0) is 9.80. The summed E-state index contributed by atoms with van der Waals surface area (Å²) in [4.78, 5) is 0. The van der Waals surface area contributed by atoms with E-state index in [-0.39, 0.29) is 0 Å². The predicted molar refractivity (Wildman–Crippen MR) is 57.3 cm³/mol.